The van der Waals surface area contributed by atoms with Crippen molar-refractivity contribution in [3.63, 3.8) is 0 Å². The summed E-state index contributed by atoms with van der Waals surface area (Å²) < 4.78 is 26.2. The van der Waals surface area contributed by atoms with Crippen LogP contribution >= 0.6 is 0 Å². The number of rotatable bonds is 6. The van der Waals surface area contributed by atoms with Gasteiger partial charge in [0.05, 0.1) is 11.3 Å². The van der Waals surface area contributed by atoms with E-state index in [0.717, 1.165) is 0 Å². The maximum atomic E-state index is 12.5. The summed E-state index contributed by atoms with van der Waals surface area (Å²) in [6.07, 6.45) is 1.15. The van der Waals surface area contributed by atoms with E-state index in [2.05, 4.69) is 4.72 Å². The molecule has 1 saturated heterocycles. The largest absolute Gasteiger partial charge is 0.480 e. The number of hydrogen-bond donors (Lipinski definition) is 2. The van der Waals surface area contributed by atoms with Crippen LogP contribution in [0.3, 0.4) is 0 Å². The van der Waals surface area contributed by atoms with Gasteiger partial charge in [-0.25, -0.2) is 17.9 Å². The van der Waals surface area contributed by atoms with E-state index in [1.807, 2.05) is 0 Å². The van der Waals surface area contributed by atoms with Gasteiger partial charge in [0.2, 0.25) is 15.9 Å². The first-order valence-corrected chi connectivity index (χ1v) is 9.31. The van der Waals surface area contributed by atoms with Gasteiger partial charge in [-0.05, 0) is 37.5 Å². The molecule has 0 spiro atoms. The van der Waals surface area contributed by atoms with Gasteiger partial charge in [-0.2, -0.15) is 0 Å². The summed E-state index contributed by atoms with van der Waals surface area (Å²) in [5, 5.41) is 9.37. The Bertz CT molecular complexity index is 729. The number of carboxylic acid groups (broad SMARTS) is 1. The summed E-state index contributed by atoms with van der Waals surface area (Å²) >= 11 is 0. The molecule has 0 aromatic heterocycles. The third kappa shape index (κ3) is 3.59. The number of nitrogens with zero attached hydrogens (tertiary/aromatic N) is 1. The molecule has 1 aliphatic heterocycles. The van der Waals surface area contributed by atoms with Crippen molar-refractivity contribution in [1.82, 2.24) is 9.62 Å². The Kier molecular flexibility index (Phi) is 5.29. The molecule has 0 aliphatic carbocycles. The van der Waals surface area contributed by atoms with Crippen molar-refractivity contribution in [2.24, 2.45) is 0 Å². The zero-order valence-electron chi connectivity index (χ0n) is 13.8. The minimum Gasteiger partial charge on any atom is -0.480 e. The SMILES string of the molecule is CCNS(=O)(=O)c1ccc(CC(=O)N2CCCC2(C)C(=O)O)cc1. The lowest BCUT2D eigenvalue weighted by Crippen LogP contribution is -2.51. The number of benzene rings is 1. The van der Waals surface area contributed by atoms with Crippen LogP contribution in [0.2, 0.25) is 0 Å². The lowest BCUT2D eigenvalue weighted by Gasteiger charge is -2.31. The number of likely N-dealkylation sites (tertiary alicyclic amines) is 1. The van der Waals surface area contributed by atoms with Gasteiger partial charge in [0.25, 0.3) is 0 Å². The van der Waals surface area contributed by atoms with Crippen LogP contribution in [0.25, 0.3) is 0 Å². The predicted molar refractivity (Wildman–Crippen MR) is 88.0 cm³/mol. The number of amides is 1. The van der Waals surface area contributed by atoms with Crippen molar-refractivity contribution in [3.8, 4) is 0 Å². The second-order valence-corrected chi connectivity index (χ2v) is 7.82. The van der Waals surface area contributed by atoms with E-state index in [0.29, 0.717) is 31.5 Å². The Morgan fingerprint density at radius 2 is 1.92 bits per heavy atom. The van der Waals surface area contributed by atoms with E-state index in [1.165, 1.54) is 17.0 Å². The van der Waals surface area contributed by atoms with Gasteiger partial charge in [0.1, 0.15) is 5.54 Å². The van der Waals surface area contributed by atoms with Crippen LogP contribution in [0.1, 0.15) is 32.3 Å². The van der Waals surface area contributed by atoms with Crippen LogP contribution in [0.15, 0.2) is 29.2 Å². The van der Waals surface area contributed by atoms with Crippen molar-refractivity contribution in [2.75, 3.05) is 13.1 Å². The minimum absolute atomic E-state index is 0.0460. The molecule has 24 heavy (non-hydrogen) atoms. The number of aliphatic carboxylic acids is 1. The first kappa shape index (κ1) is 18.4. The average molecular weight is 354 g/mol. The number of sulfonamides is 1. The summed E-state index contributed by atoms with van der Waals surface area (Å²) in [5.74, 6) is -1.26. The van der Waals surface area contributed by atoms with E-state index in [9.17, 15) is 23.1 Å². The topological polar surface area (TPSA) is 104 Å². The molecule has 1 heterocycles. The Balaban J connectivity index is 2.12. The molecule has 0 bridgehead atoms. The van der Waals surface area contributed by atoms with Gasteiger partial charge in [-0.3, -0.25) is 4.79 Å². The van der Waals surface area contributed by atoms with Gasteiger partial charge in [-0.15, -0.1) is 0 Å². The van der Waals surface area contributed by atoms with Gasteiger partial charge >= 0.3 is 5.97 Å². The first-order valence-electron chi connectivity index (χ1n) is 7.83. The summed E-state index contributed by atoms with van der Waals surface area (Å²) in [6.45, 7) is 3.98. The first-order chi connectivity index (χ1) is 11.2. The van der Waals surface area contributed by atoms with Crippen LogP contribution in [0.5, 0.6) is 0 Å². The third-order valence-corrected chi connectivity index (χ3v) is 5.89. The molecule has 1 aromatic rings. The highest BCUT2D eigenvalue weighted by Gasteiger charge is 2.45. The summed E-state index contributed by atoms with van der Waals surface area (Å²) in [4.78, 5) is 25.4. The fraction of sp³-hybridized carbons (Fsp3) is 0.500. The third-order valence-electron chi connectivity index (χ3n) is 4.33. The number of carbonyl (C=O) groups excluding carboxylic acids is 1. The Hall–Kier alpha value is -1.93. The molecular formula is C16H22N2O5S. The van der Waals surface area contributed by atoms with Gasteiger partial charge in [0.15, 0.2) is 0 Å². The number of nitrogens with one attached hydrogen (secondary N) is 1. The maximum Gasteiger partial charge on any atom is 0.329 e. The molecule has 1 unspecified atom stereocenters. The van der Waals surface area contributed by atoms with Crippen molar-refractivity contribution >= 4 is 21.9 Å². The van der Waals surface area contributed by atoms with Crippen molar-refractivity contribution in [3.05, 3.63) is 29.8 Å². The highest BCUT2D eigenvalue weighted by molar-refractivity contribution is 7.89. The molecule has 0 radical (unpaired) electrons. The number of carbonyl (C=O) groups is 2. The molecule has 1 aliphatic rings. The van der Waals surface area contributed by atoms with Gasteiger partial charge < -0.3 is 10.0 Å². The van der Waals surface area contributed by atoms with Crippen LogP contribution in [-0.2, 0) is 26.0 Å². The van der Waals surface area contributed by atoms with Crippen LogP contribution in [-0.4, -0.2) is 48.9 Å². The van der Waals surface area contributed by atoms with Crippen LogP contribution in [0.4, 0.5) is 0 Å². The van der Waals surface area contributed by atoms with E-state index in [-0.39, 0.29) is 17.2 Å². The van der Waals surface area contributed by atoms with Gasteiger partial charge in [-0.1, -0.05) is 19.1 Å². The van der Waals surface area contributed by atoms with Crippen molar-refractivity contribution in [2.45, 2.75) is 43.5 Å². The maximum absolute atomic E-state index is 12.5. The fourth-order valence-electron chi connectivity index (χ4n) is 2.92. The Labute approximate surface area is 141 Å². The van der Waals surface area contributed by atoms with Crippen molar-refractivity contribution in [1.29, 1.82) is 0 Å². The molecule has 1 amide bonds. The average Bonchev–Trinajstić information content (AvgIpc) is 2.91. The van der Waals surface area contributed by atoms with E-state index >= 15 is 0 Å². The number of hydrogen-bond acceptors (Lipinski definition) is 4. The molecule has 1 atom stereocenters. The normalized spacial score (nSPS) is 21.0. The zero-order chi connectivity index (χ0) is 18.0. The quantitative estimate of drug-likeness (QED) is 0.793. The van der Waals surface area contributed by atoms with Crippen LogP contribution < -0.4 is 4.72 Å². The second kappa shape index (κ2) is 6.90. The van der Waals surface area contributed by atoms with E-state index < -0.39 is 21.5 Å². The van der Waals surface area contributed by atoms with Crippen LogP contribution in [0, 0.1) is 0 Å². The summed E-state index contributed by atoms with van der Waals surface area (Å²) in [7, 11) is -3.52. The van der Waals surface area contributed by atoms with E-state index in [4.69, 9.17) is 0 Å². The predicted octanol–water partition coefficient (Wildman–Crippen LogP) is 0.993. The number of carboxylic acids is 1. The second-order valence-electron chi connectivity index (χ2n) is 6.05. The Morgan fingerprint density at radius 1 is 1.29 bits per heavy atom. The molecule has 2 rings (SSSR count). The standard InChI is InChI=1S/C16H22N2O5S/c1-3-17-24(22,23)13-7-5-12(6-8-13)11-14(19)18-10-4-9-16(18,2)15(20)21/h5-8,17H,3-4,9-11H2,1-2H3,(H,20,21). The fourth-order valence-corrected chi connectivity index (χ4v) is 3.96. The molecule has 1 fully saturated rings. The van der Waals surface area contributed by atoms with Crippen molar-refractivity contribution < 1.29 is 23.1 Å². The zero-order valence-corrected chi connectivity index (χ0v) is 14.6. The lowest BCUT2D eigenvalue weighted by molar-refractivity contribution is -0.155. The molecule has 0 saturated carbocycles. The molecule has 7 nitrogen and oxygen atoms in total. The highest BCUT2D eigenvalue weighted by Crippen LogP contribution is 2.30. The minimum atomic E-state index is -3.52. The molecular weight excluding hydrogens is 332 g/mol. The molecule has 8 heteroatoms. The smallest absolute Gasteiger partial charge is 0.329 e. The summed E-state index contributed by atoms with van der Waals surface area (Å²) in [5.41, 5.74) is -0.513. The molecule has 132 valence electrons. The highest BCUT2D eigenvalue weighted by atomic mass is 32.2. The molecule has 1 aromatic carbocycles. The monoisotopic (exact) mass is 354 g/mol. The Morgan fingerprint density at radius 3 is 2.46 bits per heavy atom. The summed E-state index contributed by atoms with van der Waals surface area (Å²) in [6, 6.07) is 6.05. The lowest BCUT2D eigenvalue weighted by atomic mass is 9.98. The van der Waals surface area contributed by atoms with Gasteiger partial charge in [0, 0.05) is 13.1 Å². The molecule has 2 N–H and O–H groups in total. The van der Waals surface area contributed by atoms with E-state index in [1.54, 1.807) is 26.0 Å².